The maximum absolute atomic E-state index is 11.2. The largest absolute Gasteiger partial charge is 0.466 e. The molecular formula is C16H13NO4. The van der Waals surface area contributed by atoms with E-state index < -0.39 is 10.9 Å². The molecule has 5 heteroatoms. The third-order valence-electron chi connectivity index (χ3n) is 2.92. The minimum atomic E-state index is -0.509. The lowest BCUT2D eigenvalue weighted by atomic mass is 10.0. The normalized spacial score (nSPS) is 10.5. The van der Waals surface area contributed by atoms with Crippen molar-refractivity contribution in [3.8, 4) is 11.1 Å². The van der Waals surface area contributed by atoms with Gasteiger partial charge in [0.2, 0.25) is 0 Å². The van der Waals surface area contributed by atoms with Gasteiger partial charge in [-0.2, -0.15) is 0 Å². The van der Waals surface area contributed by atoms with E-state index in [9.17, 15) is 14.9 Å². The highest BCUT2D eigenvalue weighted by atomic mass is 16.6. The lowest BCUT2D eigenvalue weighted by Crippen LogP contribution is -1.95. The first kappa shape index (κ1) is 14.5. The van der Waals surface area contributed by atoms with E-state index in [0.717, 1.165) is 5.56 Å². The lowest BCUT2D eigenvalue weighted by molar-refractivity contribution is -0.384. The molecule has 2 rings (SSSR count). The number of ether oxygens (including phenoxy) is 1. The van der Waals surface area contributed by atoms with Gasteiger partial charge in [0.15, 0.2) is 0 Å². The number of nitro groups is 1. The molecule has 5 nitrogen and oxygen atoms in total. The molecule has 0 radical (unpaired) electrons. The van der Waals surface area contributed by atoms with E-state index in [0.29, 0.717) is 11.1 Å². The van der Waals surface area contributed by atoms with Crippen molar-refractivity contribution in [2.75, 3.05) is 7.11 Å². The standard InChI is InChI=1S/C16H13NO4/c1-21-16(18)10-8-12-7-9-14(15(11-12)17(19)20)13-5-3-2-4-6-13/h2-11H,1H3/b10-8+. The van der Waals surface area contributed by atoms with Crippen molar-refractivity contribution in [2.45, 2.75) is 0 Å². The van der Waals surface area contributed by atoms with Gasteiger partial charge in [0.25, 0.3) is 5.69 Å². The third kappa shape index (κ3) is 3.54. The molecular weight excluding hydrogens is 270 g/mol. The lowest BCUT2D eigenvalue weighted by Gasteiger charge is -2.04. The van der Waals surface area contributed by atoms with E-state index in [1.807, 2.05) is 30.3 Å². The Labute approximate surface area is 121 Å². The molecule has 0 unspecified atom stereocenters. The van der Waals surface area contributed by atoms with Crippen LogP contribution in [0.3, 0.4) is 0 Å². The van der Waals surface area contributed by atoms with Crippen molar-refractivity contribution in [1.82, 2.24) is 0 Å². The van der Waals surface area contributed by atoms with Crippen LogP contribution in [0.2, 0.25) is 0 Å². The Morgan fingerprint density at radius 1 is 1.19 bits per heavy atom. The Bertz CT molecular complexity index is 693. The van der Waals surface area contributed by atoms with Gasteiger partial charge in [-0.25, -0.2) is 4.79 Å². The van der Waals surface area contributed by atoms with E-state index in [-0.39, 0.29) is 5.69 Å². The summed E-state index contributed by atoms with van der Waals surface area (Å²) >= 11 is 0. The van der Waals surface area contributed by atoms with Crippen LogP contribution >= 0.6 is 0 Å². The van der Waals surface area contributed by atoms with Crippen molar-refractivity contribution >= 4 is 17.7 Å². The molecule has 0 aromatic heterocycles. The number of rotatable bonds is 4. The summed E-state index contributed by atoms with van der Waals surface area (Å²) in [5, 5.41) is 11.2. The van der Waals surface area contributed by atoms with Crippen molar-refractivity contribution in [2.24, 2.45) is 0 Å². The molecule has 2 aromatic carbocycles. The van der Waals surface area contributed by atoms with E-state index in [1.54, 1.807) is 12.1 Å². The van der Waals surface area contributed by atoms with Gasteiger partial charge in [-0.1, -0.05) is 36.4 Å². The fourth-order valence-electron chi connectivity index (χ4n) is 1.90. The van der Waals surface area contributed by atoms with Crippen molar-refractivity contribution in [3.05, 3.63) is 70.3 Å². The summed E-state index contributed by atoms with van der Waals surface area (Å²) in [6, 6.07) is 13.9. The molecule has 0 aliphatic heterocycles. The summed E-state index contributed by atoms with van der Waals surface area (Å²) in [6.45, 7) is 0. The first-order valence-electron chi connectivity index (χ1n) is 6.21. The zero-order valence-electron chi connectivity index (χ0n) is 11.4. The van der Waals surface area contributed by atoms with Crippen LogP contribution in [0.25, 0.3) is 17.2 Å². The van der Waals surface area contributed by atoms with Gasteiger partial charge in [0.1, 0.15) is 0 Å². The van der Waals surface area contributed by atoms with E-state index in [4.69, 9.17) is 0 Å². The van der Waals surface area contributed by atoms with Crippen LogP contribution in [-0.2, 0) is 9.53 Å². The second-order valence-electron chi connectivity index (χ2n) is 4.26. The van der Waals surface area contributed by atoms with Gasteiger partial charge in [-0.3, -0.25) is 10.1 Å². The van der Waals surface area contributed by atoms with Gasteiger partial charge in [-0.15, -0.1) is 0 Å². The zero-order valence-corrected chi connectivity index (χ0v) is 11.4. The van der Waals surface area contributed by atoms with Crippen LogP contribution in [0.4, 0.5) is 5.69 Å². The monoisotopic (exact) mass is 283 g/mol. The highest BCUT2D eigenvalue weighted by molar-refractivity contribution is 5.87. The quantitative estimate of drug-likeness (QED) is 0.373. The fourth-order valence-corrected chi connectivity index (χ4v) is 1.90. The second kappa shape index (κ2) is 6.47. The van der Waals surface area contributed by atoms with Crippen LogP contribution in [-0.4, -0.2) is 18.0 Å². The van der Waals surface area contributed by atoms with E-state index in [2.05, 4.69) is 4.74 Å². The maximum atomic E-state index is 11.2. The smallest absolute Gasteiger partial charge is 0.330 e. The summed E-state index contributed by atoms with van der Waals surface area (Å²) in [5.74, 6) is -0.509. The van der Waals surface area contributed by atoms with Crippen LogP contribution in [0.1, 0.15) is 5.56 Å². The van der Waals surface area contributed by atoms with Crippen LogP contribution in [0, 0.1) is 10.1 Å². The minimum Gasteiger partial charge on any atom is -0.466 e. The molecule has 0 N–H and O–H groups in total. The second-order valence-corrected chi connectivity index (χ2v) is 4.26. The molecule has 2 aromatic rings. The first-order chi connectivity index (χ1) is 10.1. The molecule has 0 aliphatic rings. The van der Waals surface area contributed by atoms with E-state index >= 15 is 0 Å². The molecule has 0 aliphatic carbocycles. The van der Waals surface area contributed by atoms with Crippen molar-refractivity contribution in [1.29, 1.82) is 0 Å². The average Bonchev–Trinajstić information content (AvgIpc) is 2.53. The van der Waals surface area contributed by atoms with Gasteiger partial charge >= 0.3 is 5.97 Å². The predicted molar refractivity (Wildman–Crippen MR) is 79.6 cm³/mol. The Morgan fingerprint density at radius 3 is 2.52 bits per heavy atom. The number of nitro benzene ring substituents is 1. The maximum Gasteiger partial charge on any atom is 0.330 e. The number of benzene rings is 2. The number of esters is 1. The molecule has 0 saturated carbocycles. The SMILES string of the molecule is COC(=O)/C=C/c1ccc(-c2ccccc2)c([N+](=O)[O-])c1. The summed E-state index contributed by atoms with van der Waals surface area (Å²) in [5.41, 5.74) is 1.86. The van der Waals surface area contributed by atoms with Crippen LogP contribution in [0.5, 0.6) is 0 Å². The molecule has 0 saturated heterocycles. The fraction of sp³-hybridized carbons (Fsp3) is 0.0625. The Morgan fingerprint density at radius 2 is 1.90 bits per heavy atom. The molecule has 21 heavy (non-hydrogen) atoms. The summed E-state index contributed by atoms with van der Waals surface area (Å²) in [6.07, 6.45) is 2.70. The van der Waals surface area contributed by atoms with Crippen LogP contribution < -0.4 is 0 Å². The zero-order chi connectivity index (χ0) is 15.2. The average molecular weight is 283 g/mol. The van der Waals surface area contributed by atoms with Crippen molar-refractivity contribution in [3.63, 3.8) is 0 Å². The molecule has 0 atom stereocenters. The highest BCUT2D eigenvalue weighted by Gasteiger charge is 2.15. The van der Waals surface area contributed by atoms with Gasteiger partial charge in [0, 0.05) is 12.1 Å². The number of methoxy groups -OCH3 is 1. The molecule has 0 amide bonds. The predicted octanol–water partition coefficient (Wildman–Crippen LogP) is 3.45. The Balaban J connectivity index is 2.43. The number of hydrogen-bond acceptors (Lipinski definition) is 4. The summed E-state index contributed by atoms with van der Waals surface area (Å²) in [4.78, 5) is 21.8. The Hall–Kier alpha value is -2.95. The highest BCUT2D eigenvalue weighted by Crippen LogP contribution is 2.30. The third-order valence-corrected chi connectivity index (χ3v) is 2.92. The summed E-state index contributed by atoms with van der Waals surface area (Å²) in [7, 11) is 1.27. The topological polar surface area (TPSA) is 69.4 Å². The molecule has 0 heterocycles. The Kier molecular flexibility index (Phi) is 4.46. The molecule has 0 spiro atoms. The van der Waals surface area contributed by atoms with Gasteiger partial charge in [0.05, 0.1) is 17.6 Å². The van der Waals surface area contributed by atoms with Gasteiger partial charge in [-0.05, 0) is 23.3 Å². The van der Waals surface area contributed by atoms with Crippen molar-refractivity contribution < 1.29 is 14.5 Å². The van der Waals surface area contributed by atoms with Crippen LogP contribution in [0.15, 0.2) is 54.6 Å². The number of nitrogens with zero attached hydrogens (tertiary/aromatic N) is 1. The minimum absolute atomic E-state index is 0.00628. The van der Waals surface area contributed by atoms with E-state index in [1.165, 1.54) is 25.3 Å². The molecule has 106 valence electrons. The number of carbonyl (C=O) groups excluding carboxylic acids is 1. The first-order valence-corrected chi connectivity index (χ1v) is 6.21. The number of hydrogen-bond donors (Lipinski definition) is 0. The molecule has 0 fully saturated rings. The number of carbonyl (C=O) groups is 1. The van der Waals surface area contributed by atoms with Gasteiger partial charge < -0.3 is 4.74 Å². The summed E-state index contributed by atoms with van der Waals surface area (Å²) < 4.78 is 4.48. The molecule has 0 bridgehead atoms.